The number of carbonyl (C=O) groups is 1. The Labute approximate surface area is 157 Å². The molecule has 2 rings (SSSR count). The van der Waals surface area contributed by atoms with Crippen LogP contribution in [0, 0.1) is 18.6 Å². The van der Waals surface area contributed by atoms with Crippen molar-refractivity contribution in [3.63, 3.8) is 0 Å². The summed E-state index contributed by atoms with van der Waals surface area (Å²) in [6.07, 6.45) is 2.22. The topological polar surface area (TPSA) is 84.9 Å². The van der Waals surface area contributed by atoms with Gasteiger partial charge in [-0.15, -0.1) is 0 Å². The first kappa shape index (κ1) is 21.5. The highest BCUT2D eigenvalue weighted by Crippen LogP contribution is 2.24. The molecule has 1 aliphatic heterocycles. The number of rotatable bonds is 7. The number of hydrogen-bond donors (Lipinski definition) is 1. The largest absolute Gasteiger partial charge is 0.480 e. The Kier molecular flexibility index (Phi) is 7.12. The molecule has 0 aliphatic carbocycles. The van der Waals surface area contributed by atoms with Crippen molar-refractivity contribution < 1.29 is 31.5 Å². The third-order valence-electron chi connectivity index (χ3n) is 4.34. The normalized spacial score (nSPS) is 20.6. The first-order valence-corrected chi connectivity index (χ1v) is 10.4. The molecule has 27 heavy (non-hydrogen) atoms. The second-order valence-electron chi connectivity index (χ2n) is 6.57. The molecule has 1 aliphatic rings. The fraction of sp³-hybridized carbons (Fsp3) is 0.588. The monoisotopic (exact) mass is 406 g/mol. The zero-order chi connectivity index (χ0) is 20.2. The summed E-state index contributed by atoms with van der Waals surface area (Å²) in [5, 5.41) is 0. The quantitative estimate of drug-likeness (QED) is 0.736. The number of methoxy groups -OCH3 is 1. The first-order chi connectivity index (χ1) is 12.6. The maximum absolute atomic E-state index is 13.9. The lowest BCUT2D eigenvalue weighted by molar-refractivity contribution is -0.139. The number of nitrogens with zero attached hydrogens (tertiary/aromatic N) is 1. The highest BCUT2D eigenvalue weighted by atomic mass is 32.2. The predicted octanol–water partition coefficient (Wildman–Crippen LogP) is 1.21. The summed E-state index contributed by atoms with van der Waals surface area (Å²) in [6.45, 7) is 1.58. The fourth-order valence-electron chi connectivity index (χ4n) is 3.24. The Bertz CT molecular complexity index is 765. The van der Waals surface area contributed by atoms with Gasteiger partial charge >= 0.3 is 0 Å². The zero-order valence-electron chi connectivity index (χ0n) is 15.5. The molecule has 7 nitrogen and oxygen atoms in total. The Balaban J connectivity index is 2.11. The van der Waals surface area contributed by atoms with Crippen molar-refractivity contribution in [1.82, 2.24) is 9.62 Å². The average molecular weight is 406 g/mol. The molecule has 1 amide bonds. The number of carbonyl (C=O) groups excluding carboxylic acids is 1. The fourth-order valence-corrected chi connectivity index (χ4v) is 4.07. The molecule has 0 spiro atoms. The highest BCUT2D eigenvalue weighted by Gasteiger charge is 2.36. The Morgan fingerprint density at radius 3 is 2.67 bits per heavy atom. The molecule has 152 valence electrons. The van der Waals surface area contributed by atoms with Gasteiger partial charge in [0.2, 0.25) is 10.0 Å². The van der Waals surface area contributed by atoms with Crippen molar-refractivity contribution in [2.45, 2.75) is 31.8 Å². The van der Waals surface area contributed by atoms with Crippen LogP contribution in [0.2, 0.25) is 0 Å². The number of hydrogen-bond acceptors (Lipinski definition) is 5. The molecule has 1 aromatic carbocycles. The zero-order valence-corrected chi connectivity index (χ0v) is 16.3. The van der Waals surface area contributed by atoms with Gasteiger partial charge in [0.15, 0.2) is 18.2 Å². The highest BCUT2D eigenvalue weighted by molar-refractivity contribution is 7.88. The molecule has 1 aromatic rings. The molecule has 0 radical (unpaired) electrons. The molecule has 0 aromatic heterocycles. The van der Waals surface area contributed by atoms with E-state index in [4.69, 9.17) is 9.47 Å². The van der Waals surface area contributed by atoms with E-state index in [0.717, 1.165) is 12.3 Å². The molecule has 1 saturated heterocycles. The van der Waals surface area contributed by atoms with Crippen molar-refractivity contribution >= 4 is 15.9 Å². The second-order valence-corrected chi connectivity index (χ2v) is 8.35. The van der Waals surface area contributed by atoms with E-state index in [2.05, 4.69) is 4.72 Å². The van der Waals surface area contributed by atoms with E-state index in [-0.39, 0.29) is 17.9 Å². The minimum Gasteiger partial charge on any atom is -0.480 e. The van der Waals surface area contributed by atoms with Gasteiger partial charge in [0.05, 0.1) is 18.9 Å². The maximum atomic E-state index is 13.9. The van der Waals surface area contributed by atoms with Gasteiger partial charge in [-0.2, -0.15) is 0 Å². The van der Waals surface area contributed by atoms with Gasteiger partial charge in [0, 0.05) is 25.8 Å². The van der Waals surface area contributed by atoms with Crippen LogP contribution in [0.4, 0.5) is 8.78 Å². The molecule has 1 N–H and O–H groups in total. The summed E-state index contributed by atoms with van der Waals surface area (Å²) in [4.78, 5) is 14.1. The van der Waals surface area contributed by atoms with E-state index in [1.54, 1.807) is 0 Å². The van der Waals surface area contributed by atoms with Crippen molar-refractivity contribution in [1.29, 1.82) is 0 Å². The summed E-state index contributed by atoms with van der Waals surface area (Å²) in [6, 6.07) is 0.813. The summed E-state index contributed by atoms with van der Waals surface area (Å²) in [7, 11) is -1.99. The Hall–Kier alpha value is -1.78. The van der Waals surface area contributed by atoms with Crippen LogP contribution in [0.15, 0.2) is 12.1 Å². The van der Waals surface area contributed by atoms with E-state index in [1.807, 2.05) is 0 Å². The SMILES string of the molecule is COC[C@H]1C(NS(C)(=O)=O)CCCN1C(=O)COc1c(C)cc(F)cc1F. The van der Waals surface area contributed by atoms with Crippen molar-refractivity contribution in [2.24, 2.45) is 0 Å². The molecular weight excluding hydrogens is 382 g/mol. The van der Waals surface area contributed by atoms with E-state index in [1.165, 1.54) is 18.9 Å². The van der Waals surface area contributed by atoms with Crippen molar-refractivity contribution in [2.75, 3.05) is 33.1 Å². The van der Waals surface area contributed by atoms with Gasteiger partial charge in [-0.05, 0) is 31.4 Å². The standard InChI is InChI=1S/C17H24F2N2O5S/c1-11-7-12(18)8-13(19)17(11)26-10-16(22)21-6-4-5-14(15(21)9-25-2)20-27(3,23)24/h7-8,14-15,20H,4-6,9-10H2,1-3H3/t14?,15-/m0/s1. The minimum atomic E-state index is -3.45. The second kappa shape index (κ2) is 8.94. The molecule has 1 unspecified atom stereocenters. The van der Waals surface area contributed by atoms with Crippen LogP contribution in [0.3, 0.4) is 0 Å². The number of halogens is 2. The van der Waals surface area contributed by atoms with Gasteiger partial charge in [-0.25, -0.2) is 21.9 Å². The lowest BCUT2D eigenvalue weighted by Crippen LogP contribution is -2.59. The van der Waals surface area contributed by atoms with Crippen LogP contribution in [0.25, 0.3) is 0 Å². The lowest BCUT2D eigenvalue weighted by Gasteiger charge is -2.40. The van der Waals surface area contributed by atoms with Crippen molar-refractivity contribution in [3.8, 4) is 5.75 Å². The van der Waals surface area contributed by atoms with Crippen LogP contribution in [-0.4, -0.2) is 64.4 Å². The lowest BCUT2D eigenvalue weighted by atomic mass is 9.97. The van der Waals surface area contributed by atoms with Gasteiger partial charge in [0.1, 0.15) is 5.82 Å². The smallest absolute Gasteiger partial charge is 0.260 e. The molecule has 0 bridgehead atoms. The Morgan fingerprint density at radius 1 is 1.37 bits per heavy atom. The van der Waals surface area contributed by atoms with Gasteiger partial charge in [-0.3, -0.25) is 4.79 Å². The van der Waals surface area contributed by atoms with E-state index in [0.29, 0.717) is 25.5 Å². The number of amides is 1. The molecule has 10 heteroatoms. The summed E-state index contributed by atoms with van der Waals surface area (Å²) >= 11 is 0. The summed E-state index contributed by atoms with van der Waals surface area (Å²) in [5.41, 5.74) is 0.240. The number of sulfonamides is 1. The maximum Gasteiger partial charge on any atom is 0.260 e. The predicted molar refractivity (Wildman–Crippen MR) is 95.0 cm³/mol. The number of piperidine rings is 1. The first-order valence-electron chi connectivity index (χ1n) is 8.46. The number of benzene rings is 1. The Morgan fingerprint density at radius 2 is 2.07 bits per heavy atom. The molecule has 1 fully saturated rings. The van der Waals surface area contributed by atoms with Crippen molar-refractivity contribution in [3.05, 3.63) is 29.3 Å². The minimum absolute atomic E-state index is 0.142. The third kappa shape index (κ3) is 5.85. The van der Waals surface area contributed by atoms with Crippen LogP contribution in [-0.2, 0) is 19.6 Å². The number of aryl methyl sites for hydroxylation is 1. The van der Waals surface area contributed by atoms with E-state index >= 15 is 0 Å². The summed E-state index contributed by atoms with van der Waals surface area (Å²) < 4.78 is 63.2. The van der Waals surface area contributed by atoms with Crippen LogP contribution in [0.1, 0.15) is 18.4 Å². The van der Waals surface area contributed by atoms with Crippen LogP contribution < -0.4 is 9.46 Å². The molecule has 2 atom stereocenters. The van der Waals surface area contributed by atoms with E-state index < -0.39 is 46.3 Å². The number of likely N-dealkylation sites (tertiary alicyclic amines) is 1. The van der Waals surface area contributed by atoms with E-state index in [9.17, 15) is 22.0 Å². The summed E-state index contributed by atoms with van der Waals surface area (Å²) in [5.74, 6) is -2.23. The van der Waals surface area contributed by atoms with Crippen LogP contribution >= 0.6 is 0 Å². The van der Waals surface area contributed by atoms with Gasteiger partial charge in [-0.1, -0.05) is 0 Å². The molecular formula is C17H24F2N2O5S. The van der Waals surface area contributed by atoms with Crippen LogP contribution in [0.5, 0.6) is 5.75 Å². The van der Waals surface area contributed by atoms with Gasteiger partial charge in [0.25, 0.3) is 5.91 Å². The average Bonchev–Trinajstić information content (AvgIpc) is 2.54. The third-order valence-corrected chi connectivity index (χ3v) is 5.07. The number of ether oxygens (including phenoxy) is 2. The van der Waals surface area contributed by atoms with Gasteiger partial charge < -0.3 is 14.4 Å². The number of nitrogens with one attached hydrogen (secondary N) is 1. The molecule has 1 heterocycles. The molecule has 0 saturated carbocycles.